The Morgan fingerprint density at radius 3 is 2.57 bits per heavy atom. The number of nitrogen functional groups attached to an aromatic ring is 1. The molecule has 0 saturated carbocycles. The maximum absolute atomic E-state index is 12.6. The van der Waals surface area contributed by atoms with Crippen molar-refractivity contribution < 1.29 is 9.30 Å². The number of ether oxygens (including phenoxy) is 1. The summed E-state index contributed by atoms with van der Waals surface area (Å²) in [5.41, 5.74) is 7.74. The summed E-state index contributed by atoms with van der Waals surface area (Å²) in [5, 5.41) is 7.30. The van der Waals surface area contributed by atoms with Gasteiger partial charge in [-0.1, -0.05) is 23.7 Å². The molecular formula is C19H21ClN5O2P. The molecule has 0 aliphatic heterocycles. The highest BCUT2D eigenvalue weighted by Crippen LogP contribution is 2.38. The number of nitrogens with one attached hydrogen (secondary N) is 2. The van der Waals surface area contributed by atoms with Gasteiger partial charge in [-0.2, -0.15) is 4.98 Å². The third-order valence-electron chi connectivity index (χ3n) is 3.95. The highest BCUT2D eigenvalue weighted by molar-refractivity contribution is 7.70. The average Bonchev–Trinajstić information content (AvgIpc) is 2.64. The largest absolute Gasteiger partial charge is 0.495 e. The van der Waals surface area contributed by atoms with Crippen LogP contribution in [0, 0.1) is 0 Å². The van der Waals surface area contributed by atoms with Gasteiger partial charge in [-0.05, 0) is 43.7 Å². The molecule has 3 rings (SSSR count). The zero-order chi connectivity index (χ0) is 20.3. The summed E-state index contributed by atoms with van der Waals surface area (Å²) in [5.74, 6) is 1.30. The lowest BCUT2D eigenvalue weighted by Gasteiger charge is -2.16. The van der Waals surface area contributed by atoms with Crippen molar-refractivity contribution in [2.24, 2.45) is 0 Å². The second-order valence-corrected chi connectivity index (χ2v) is 10.1. The fraction of sp³-hybridized carbons (Fsp3) is 0.158. The normalized spacial score (nSPS) is 11.1. The smallest absolute Gasteiger partial charge is 0.229 e. The van der Waals surface area contributed by atoms with E-state index in [1.807, 2.05) is 24.3 Å². The van der Waals surface area contributed by atoms with Crippen molar-refractivity contribution in [2.75, 3.05) is 36.8 Å². The van der Waals surface area contributed by atoms with Crippen LogP contribution in [0.1, 0.15) is 0 Å². The predicted molar refractivity (Wildman–Crippen MR) is 117 cm³/mol. The molecule has 1 aromatic heterocycles. The van der Waals surface area contributed by atoms with E-state index in [4.69, 9.17) is 22.1 Å². The molecule has 28 heavy (non-hydrogen) atoms. The molecule has 0 bridgehead atoms. The maximum atomic E-state index is 12.6. The number of nitrogens with zero attached hydrogens (tertiary/aromatic N) is 2. The fourth-order valence-corrected chi connectivity index (χ4v) is 3.93. The third-order valence-corrected chi connectivity index (χ3v) is 5.78. The first-order valence-electron chi connectivity index (χ1n) is 8.42. The number of benzene rings is 2. The van der Waals surface area contributed by atoms with Crippen LogP contribution < -0.4 is 26.4 Å². The molecule has 0 saturated heterocycles. The summed E-state index contributed by atoms with van der Waals surface area (Å²) in [7, 11) is -0.919. The standard InChI is InChI=1S/C19H21ClN5O2P/c1-27-16-9-8-12(21)10-15(16)24-19-22-11-13(20)18(25-19)23-14-6-4-5-7-17(14)28(2,3)26/h4-11H,21H2,1-3H3,(H2,22,23,24,25). The number of halogens is 1. The van der Waals surface area contributed by atoms with Crippen LogP contribution in [0.15, 0.2) is 48.7 Å². The molecule has 9 heteroatoms. The van der Waals surface area contributed by atoms with Crippen molar-refractivity contribution in [1.29, 1.82) is 0 Å². The second-order valence-electron chi connectivity index (χ2n) is 6.47. The highest BCUT2D eigenvalue weighted by atomic mass is 35.5. The Bertz CT molecular complexity index is 1050. The van der Waals surface area contributed by atoms with Crippen LogP contribution in [0.2, 0.25) is 5.02 Å². The molecule has 146 valence electrons. The molecule has 0 aliphatic rings. The molecular weight excluding hydrogens is 397 g/mol. The number of para-hydroxylation sites is 1. The zero-order valence-electron chi connectivity index (χ0n) is 15.7. The van der Waals surface area contributed by atoms with Gasteiger partial charge in [0, 0.05) is 11.0 Å². The van der Waals surface area contributed by atoms with Gasteiger partial charge in [-0.3, -0.25) is 0 Å². The Morgan fingerprint density at radius 2 is 1.86 bits per heavy atom. The summed E-state index contributed by atoms with van der Waals surface area (Å²) in [6, 6.07) is 12.6. The SMILES string of the molecule is COc1ccc(N)cc1Nc1ncc(Cl)c(Nc2ccccc2P(C)(C)=O)n1. The van der Waals surface area contributed by atoms with Gasteiger partial charge in [-0.25, -0.2) is 4.98 Å². The van der Waals surface area contributed by atoms with Crippen LogP contribution in [0.3, 0.4) is 0 Å². The van der Waals surface area contributed by atoms with Crippen molar-refractivity contribution in [2.45, 2.75) is 0 Å². The number of methoxy groups -OCH3 is 1. The fourth-order valence-electron chi connectivity index (χ4n) is 2.64. The summed E-state index contributed by atoms with van der Waals surface area (Å²) in [6.07, 6.45) is 1.48. The maximum Gasteiger partial charge on any atom is 0.229 e. The molecule has 0 atom stereocenters. The van der Waals surface area contributed by atoms with E-state index < -0.39 is 7.14 Å². The van der Waals surface area contributed by atoms with Gasteiger partial charge in [0.05, 0.1) is 24.7 Å². The monoisotopic (exact) mass is 417 g/mol. The van der Waals surface area contributed by atoms with Gasteiger partial charge < -0.3 is 25.7 Å². The van der Waals surface area contributed by atoms with Gasteiger partial charge in [0.25, 0.3) is 0 Å². The van der Waals surface area contributed by atoms with E-state index in [1.165, 1.54) is 6.20 Å². The first-order valence-corrected chi connectivity index (χ1v) is 11.4. The van der Waals surface area contributed by atoms with Crippen molar-refractivity contribution in [3.8, 4) is 5.75 Å². The van der Waals surface area contributed by atoms with E-state index in [-0.39, 0.29) is 0 Å². The zero-order valence-corrected chi connectivity index (χ0v) is 17.4. The van der Waals surface area contributed by atoms with Crippen LogP contribution in [0.4, 0.5) is 28.8 Å². The summed E-state index contributed by atoms with van der Waals surface area (Å²) in [4.78, 5) is 8.65. The van der Waals surface area contributed by atoms with E-state index in [2.05, 4.69) is 20.6 Å². The Morgan fingerprint density at radius 1 is 1.11 bits per heavy atom. The minimum Gasteiger partial charge on any atom is -0.495 e. The van der Waals surface area contributed by atoms with Gasteiger partial charge in [0.15, 0.2) is 5.82 Å². The number of hydrogen-bond donors (Lipinski definition) is 3. The summed E-state index contributed by atoms with van der Waals surface area (Å²) in [6.45, 7) is 3.43. The van der Waals surface area contributed by atoms with Crippen LogP contribution in [0.25, 0.3) is 0 Å². The number of aromatic nitrogens is 2. The second kappa shape index (κ2) is 8.09. The lowest BCUT2D eigenvalue weighted by Crippen LogP contribution is -2.11. The van der Waals surface area contributed by atoms with Crippen LogP contribution in [-0.4, -0.2) is 30.4 Å². The van der Waals surface area contributed by atoms with Crippen LogP contribution in [0.5, 0.6) is 5.75 Å². The molecule has 1 heterocycles. The molecule has 4 N–H and O–H groups in total. The molecule has 2 aromatic carbocycles. The number of rotatable bonds is 6. The highest BCUT2D eigenvalue weighted by Gasteiger charge is 2.17. The van der Waals surface area contributed by atoms with Crippen molar-refractivity contribution in [3.63, 3.8) is 0 Å². The van der Waals surface area contributed by atoms with E-state index in [0.717, 1.165) is 5.30 Å². The van der Waals surface area contributed by atoms with Crippen LogP contribution in [-0.2, 0) is 4.57 Å². The molecule has 3 aromatic rings. The average molecular weight is 418 g/mol. The quantitative estimate of drug-likeness (QED) is 0.402. The Balaban J connectivity index is 1.94. The lowest BCUT2D eigenvalue weighted by atomic mass is 10.2. The summed E-state index contributed by atoms with van der Waals surface area (Å²) >= 11 is 6.27. The van der Waals surface area contributed by atoms with Gasteiger partial charge in [0.2, 0.25) is 5.95 Å². The lowest BCUT2D eigenvalue weighted by molar-refractivity contribution is 0.417. The molecule has 7 nitrogen and oxygen atoms in total. The molecule has 0 aliphatic carbocycles. The van der Waals surface area contributed by atoms with E-state index >= 15 is 0 Å². The van der Waals surface area contributed by atoms with E-state index in [9.17, 15) is 4.57 Å². The molecule has 0 spiro atoms. The molecule has 0 fully saturated rings. The Hall–Kier alpha value is -2.76. The first-order chi connectivity index (χ1) is 13.3. The minimum absolute atomic E-state index is 0.310. The van der Waals surface area contributed by atoms with E-state index in [0.29, 0.717) is 39.6 Å². The van der Waals surface area contributed by atoms with Crippen molar-refractivity contribution in [1.82, 2.24) is 9.97 Å². The number of hydrogen-bond acceptors (Lipinski definition) is 7. The van der Waals surface area contributed by atoms with Crippen LogP contribution >= 0.6 is 18.7 Å². The topological polar surface area (TPSA) is 102 Å². The molecule has 0 unspecified atom stereocenters. The Kier molecular flexibility index (Phi) is 5.77. The first kappa shape index (κ1) is 20.0. The van der Waals surface area contributed by atoms with Crippen molar-refractivity contribution >= 4 is 52.9 Å². The van der Waals surface area contributed by atoms with Gasteiger partial charge in [0.1, 0.15) is 17.9 Å². The van der Waals surface area contributed by atoms with E-state index in [1.54, 1.807) is 38.6 Å². The number of anilines is 5. The Labute approximate surface area is 168 Å². The third kappa shape index (κ3) is 4.55. The molecule has 0 amide bonds. The predicted octanol–water partition coefficient (Wildman–Crippen LogP) is 4.46. The minimum atomic E-state index is -2.49. The molecule has 0 radical (unpaired) electrons. The van der Waals surface area contributed by atoms with Crippen molar-refractivity contribution in [3.05, 3.63) is 53.7 Å². The summed E-state index contributed by atoms with van der Waals surface area (Å²) < 4.78 is 17.9. The van der Waals surface area contributed by atoms with Gasteiger partial charge in [-0.15, -0.1) is 0 Å². The van der Waals surface area contributed by atoms with Gasteiger partial charge >= 0.3 is 0 Å². The number of nitrogens with two attached hydrogens (primary N) is 1.